The minimum atomic E-state index is -0.296. The molecular weight excluding hydrogens is 440 g/mol. The van der Waals surface area contributed by atoms with Crippen LogP contribution >= 0.6 is 0 Å². The summed E-state index contributed by atoms with van der Waals surface area (Å²) in [4.78, 5) is 34.4. The van der Waals surface area contributed by atoms with Crippen LogP contribution < -0.4 is 21.5 Å². The van der Waals surface area contributed by atoms with Crippen molar-refractivity contribution >= 4 is 11.9 Å². The van der Waals surface area contributed by atoms with Crippen molar-refractivity contribution < 1.29 is 28.7 Å². The molecule has 0 amide bonds. The summed E-state index contributed by atoms with van der Waals surface area (Å²) in [6.07, 6.45) is 2.01. The normalized spacial score (nSPS) is 28.5. The van der Waals surface area contributed by atoms with Crippen molar-refractivity contribution in [2.24, 2.45) is 0 Å². The van der Waals surface area contributed by atoms with Crippen molar-refractivity contribution in [1.29, 1.82) is 0 Å². The highest BCUT2D eigenvalue weighted by Crippen LogP contribution is 2.21. The Bertz CT molecular complexity index is 576. The average Bonchev–Trinajstić information content (AvgIpc) is 2.96. The highest BCUT2D eigenvalue weighted by atomic mass is 16.7. The molecule has 0 aromatic rings. The lowest BCUT2D eigenvalue weighted by molar-refractivity contribution is -1.52. The maximum absolute atomic E-state index is 11.7. The lowest BCUT2D eigenvalue weighted by Crippen LogP contribution is -2.85. The van der Waals surface area contributed by atoms with Crippen LogP contribution in [-0.2, 0) is 19.3 Å². The molecule has 0 spiro atoms. The molecule has 0 saturated carbocycles. The van der Waals surface area contributed by atoms with Gasteiger partial charge in [-0.2, -0.15) is 0 Å². The maximum atomic E-state index is 11.7. The minimum Gasteiger partial charge on any atom is -0.368 e. The Morgan fingerprint density at radius 1 is 0.706 bits per heavy atom. The zero-order valence-electron chi connectivity index (χ0n) is 21.7. The molecule has 0 radical (unpaired) electrons. The minimum absolute atomic E-state index is 0.296. The second-order valence-electron chi connectivity index (χ2n) is 9.08. The Kier molecular flexibility index (Phi) is 12.6. The average molecular weight is 489 g/mol. The van der Waals surface area contributed by atoms with E-state index in [1.165, 1.54) is 13.8 Å². The summed E-state index contributed by atoms with van der Waals surface area (Å²) in [5.41, 5.74) is 7.77. The fourth-order valence-electron chi connectivity index (χ4n) is 4.73. The molecule has 0 aromatic carbocycles. The topological polar surface area (TPSA) is 107 Å². The van der Waals surface area contributed by atoms with Gasteiger partial charge in [-0.1, -0.05) is 23.2 Å². The van der Waals surface area contributed by atoms with Crippen LogP contribution in [0.2, 0.25) is 0 Å². The van der Waals surface area contributed by atoms with Gasteiger partial charge < -0.3 is 20.3 Å². The quantitative estimate of drug-likeness (QED) is 0.306. The second kappa shape index (κ2) is 14.9. The third kappa shape index (κ3) is 8.68. The number of carbonyl (C=O) groups excluding carboxylic acids is 2. The fourth-order valence-corrected chi connectivity index (χ4v) is 4.73. The van der Waals surface area contributed by atoms with Crippen LogP contribution in [0.3, 0.4) is 0 Å². The van der Waals surface area contributed by atoms with Gasteiger partial charge in [-0.25, -0.2) is 0 Å². The standard InChI is InChI=1S/C22H48N8O4/c1-5-7-25-29(17-11-23-9-13-27(15-19-29)33-21(3)31)30(26-8-6-2)18-12-24-10-14-28(16-20-30)34-22(4)32/h23-26H,5-20H2,1-4H3/q+2. The zero-order valence-corrected chi connectivity index (χ0v) is 21.7. The third-order valence-corrected chi connectivity index (χ3v) is 6.39. The summed E-state index contributed by atoms with van der Waals surface area (Å²) in [5, 5.41) is 10.6. The molecule has 0 aromatic heterocycles. The molecule has 198 valence electrons. The van der Waals surface area contributed by atoms with Gasteiger partial charge in [0, 0.05) is 53.1 Å². The molecular formula is C22H48N8O4+2. The molecule has 2 heterocycles. The largest absolute Gasteiger partial charge is 0.368 e. The Labute approximate surface area is 204 Å². The number of rotatable bonds is 9. The first-order valence-corrected chi connectivity index (χ1v) is 12.9. The van der Waals surface area contributed by atoms with Crippen molar-refractivity contribution in [2.45, 2.75) is 40.5 Å². The summed E-state index contributed by atoms with van der Waals surface area (Å²) >= 11 is 0. The number of hydrogen-bond donors (Lipinski definition) is 4. The van der Waals surface area contributed by atoms with E-state index in [-0.39, 0.29) is 11.9 Å². The Morgan fingerprint density at radius 2 is 1.12 bits per heavy atom. The summed E-state index contributed by atoms with van der Waals surface area (Å²) in [6, 6.07) is 0. The Balaban J connectivity index is 2.43. The lowest BCUT2D eigenvalue weighted by atomic mass is 10.4. The van der Waals surface area contributed by atoms with Crippen LogP contribution in [-0.4, -0.2) is 123 Å². The van der Waals surface area contributed by atoms with Crippen LogP contribution in [0.1, 0.15) is 40.5 Å². The van der Waals surface area contributed by atoms with Crippen molar-refractivity contribution in [2.75, 3.05) is 91.6 Å². The monoisotopic (exact) mass is 488 g/mol. The van der Waals surface area contributed by atoms with Gasteiger partial charge >= 0.3 is 11.9 Å². The van der Waals surface area contributed by atoms with Gasteiger partial charge in [-0.05, 0) is 12.8 Å². The molecule has 2 aliphatic heterocycles. The van der Waals surface area contributed by atoms with Gasteiger partial charge in [0.2, 0.25) is 0 Å². The first-order valence-electron chi connectivity index (χ1n) is 12.9. The van der Waals surface area contributed by atoms with E-state index in [1.807, 2.05) is 0 Å². The highest BCUT2D eigenvalue weighted by Gasteiger charge is 2.52. The van der Waals surface area contributed by atoms with Gasteiger partial charge in [0.15, 0.2) is 26.2 Å². The molecule has 2 fully saturated rings. The van der Waals surface area contributed by atoms with Crippen LogP contribution in [0.4, 0.5) is 0 Å². The fraction of sp³-hybridized carbons (Fsp3) is 0.909. The van der Waals surface area contributed by atoms with Crippen LogP contribution in [0.15, 0.2) is 0 Å². The zero-order chi connectivity index (χ0) is 24.9. The predicted octanol–water partition coefficient (Wildman–Crippen LogP) is -0.869. The van der Waals surface area contributed by atoms with Crippen molar-refractivity contribution in [3.8, 4) is 0 Å². The van der Waals surface area contributed by atoms with E-state index in [9.17, 15) is 9.59 Å². The number of quaternary nitrogens is 2. The summed E-state index contributed by atoms with van der Waals surface area (Å²) in [5.74, 6) is -0.591. The molecule has 0 aliphatic carbocycles. The van der Waals surface area contributed by atoms with Crippen molar-refractivity contribution in [3.05, 3.63) is 0 Å². The molecule has 4 N–H and O–H groups in total. The van der Waals surface area contributed by atoms with Gasteiger partial charge in [0.25, 0.3) is 0 Å². The van der Waals surface area contributed by atoms with E-state index in [2.05, 4.69) is 35.3 Å². The molecule has 12 nitrogen and oxygen atoms in total. The van der Waals surface area contributed by atoms with Crippen molar-refractivity contribution in [1.82, 2.24) is 31.6 Å². The van der Waals surface area contributed by atoms with Gasteiger partial charge in [0.1, 0.15) is 0 Å². The smallest absolute Gasteiger partial charge is 0.322 e. The summed E-state index contributed by atoms with van der Waals surface area (Å²) < 4.78 is 1.18. The first kappa shape index (κ1) is 28.9. The predicted molar refractivity (Wildman–Crippen MR) is 129 cm³/mol. The highest BCUT2D eigenvalue weighted by molar-refractivity contribution is 5.65. The Morgan fingerprint density at radius 3 is 1.47 bits per heavy atom. The van der Waals surface area contributed by atoms with Gasteiger partial charge in [-0.15, -0.1) is 21.0 Å². The molecule has 12 heteroatoms. The van der Waals surface area contributed by atoms with Crippen LogP contribution in [0.5, 0.6) is 0 Å². The van der Waals surface area contributed by atoms with E-state index in [0.29, 0.717) is 35.6 Å². The van der Waals surface area contributed by atoms with Crippen LogP contribution in [0, 0.1) is 0 Å². The Hall–Kier alpha value is -1.38. The van der Waals surface area contributed by atoms with E-state index < -0.39 is 0 Å². The van der Waals surface area contributed by atoms with Crippen molar-refractivity contribution in [3.63, 3.8) is 0 Å². The van der Waals surface area contributed by atoms with E-state index in [1.54, 1.807) is 10.1 Å². The van der Waals surface area contributed by atoms with E-state index >= 15 is 0 Å². The number of nitrogens with zero attached hydrogens (tertiary/aromatic N) is 4. The maximum Gasteiger partial charge on any atom is 0.322 e. The number of hydrogen-bond acceptors (Lipinski definition) is 10. The second-order valence-corrected chi connectivity index (χ2v) is 9.08. The lowest BCUT2D eigenvalue weighted by Gasteiger charge is -2.52. The molecule has 0 bridgehead atoms. The number of hydroxylamine groups is 4. The summed E-state index contributed by atoms with van der Waals surface area (Å²) in [7, 11) is 0. The van der Waals surface area contributed by atoms with Crippen LogP contribution in [0.25, 0.3) is 0 Å². The molecule has 2 saturated heterocycles. The first-order chi connectivity index (χ1) is 16.4. The van der Waals surface area contributed by atoms with E-state index in [4.69, 9.17) is 9.68 Å². The summed E-state index contributed by atoms with van der Waals surface area (Å²) in [6.45, 7) is 17.9. The van der Waals surface area contributed by atoms with E-state index in [0.717, 1.165) is 78.3 Å². The number of nitrogens with one attached hydrogen (secondary N) is 4. The van der Waals surface area contributed by atoms with Gasteiger partial charge in [0.05, 0.1) is 26.2 Å². The number of carbonyl (C=O) groups is 2. The molecule has 2 atom stereocenters. The SMILES string of the molecule is CCCN[N+]1([N+]2(NCCC)CCNCCN(OC(C)=O)CC2)CCNCCN(OC(C)=O)CC1. The third-order valence-electron chi connectivity index (χ3n) is 6.39. The molecule has 2 rings (SSSR count). The van der Waals surface area contributed by atoms with Gasteiger partial charge in [-0.3, -0.25) is 9.59 Å². The molecule has 2 aliphatic rings. The molecule has 34 heavy (non-hydrogen) atoms. The molecule has 2 unspecified atom stereocenters.